The van der Waals surface area contributed by atoms with Crippen LogP contribution in [0.5, 0.6) is 0 Å². The first-order chi connectivity index (χ1) is 53.1. The first kappa shape index (κ1) is 72.1. The summed E-state index contributed by atoms with van der Waals surface area (Å²) < 4.78 is 0. The van der Waals surface area contributed by atoms with Crippen molar-refractivity contribution >= 4 is 32.3 Å². The molecule has 0 fully saturated rings. The predicted molar refractivity (Wildman–Crippen MR) is 461 cm³/mol. The molecule has 4 aliphatic carbocycles. The average molecular weight is 1400 g/mol. The molecule has 108 heavy (non-hydrogen) atoms. The Morgan fingerprint density at radius 2 is 0.389 bits per heavy atom. The summed E-state index contributed by atoms with van der Waals surface area (Å²) in [6.45, 7) is 18.7. The second-order valence-corrected chi connectivity index (χ2v) is 32.4. The molecule has 0 atom stereocenters. The summed E-state index contributed by atoms with van der Waals surface area (Å²) in [4.78, 5) is 0. The van der Waals surface area contributed by atoms with Crippen molar-refractivity contribution in [3.8, 4) is 91.9 Å². The Bertz CT molecular complexity index is 4960. The van der Waals surface area contributed by atoms with Crippen LogP contribution in [0.4, 0.5) is 0 Å². The molecule has 0 saturated heterocycles. The van der Waals surface area contributed by atoms with E-state index in [4.69, 9.17) is 0 Å². The molecule has 0 nitrogen and oxygen atoms in total. The van der Waals surface area contributed by atoms with Crippen molar-refractivity contribution in [3.63, 3.8) is 0 Å². The molecule has 0 heteroatoms. The Hall–Kier alpha value is -10.1. The fourth-order valence-corrected chi connectivity index (χ4v) is 20.6. The van der Waals surface area contributed by atoms with Gasteiger partial charge in [-0.15, -0.1) is 0 Å². The van der Waals surface area contributed by atoms with E-state index >= 15 is 0 Å². The van der Waals surface area contributed by atoms with E-state index < -0.39 is 0 Å². The molecule has 0 N–H and O–H groups in total. The van der Waals surface area contributed by atoms with Crippen molar-refractivity contribution in [2.24, 2.45) is 0 Å². The number of rotatable bonds is 24. The van der Waals surface area contributed by atoms with Gasteiger partial charge in [-0.2, -0.15) is 0 Å². The Labute approximate surface area is 646 Å². The standard InChI is InChI=1S/C108H106/c1-9-17-61-105(62-18-10-2)95-37-29-25-33-87(95)91-53-45-75(69-99(91)105)41-49-79-73-80(50-42-76-46-54-92-88-34-26-30-38-96(88)106(63-19-11-3,64-20-12-4)100(92)70-76)84-59-60-86-82(52-44-78-48-56-94-90-36-28-32-40-98(90)108(67-23-15-7,68-24-16-8)102(94)72-78)74-81(85-58-57-83(79)103(84)104(85)86)51-43-77-47-55-93-89-35-27-31-39-97(89)107(65-21-13-5,66-22-14-6)101(93)71-77/h25-40,45-48,53-60,69-74H,9-24,61-68H2,1-8H3. The van der Waals surface area contributed by atoms with Gasteiger partial charge in [-0.1, -0.05) is 351 Å². The van der Waals surface area contributed by atoms with Gasteiger partial charge in [0.15, 0.2) is 0 Å². The highest BCUT2D eigenvalue weighted by Crippen LogP contribution is 2.59. The predicted octanol–water partition coefficient (Wildman–Crippen LogP) is 28.8. The van der Waals surface area contributed by atoms with Crippen LogP contribution < -0.4 is 0 Å². The van der Waals surface area contributed by atoms with Gasteiger partial charge in [0.25, 0.3) is 0 Å². The number of unbranched alkanes of at least 4 members (excludes halogenated alkanes) is 8. The van der Waals surface area contributed by atoms with Gasteiger partial charge >= 0.3 is 0 Å². The van der Waals surface area contributed by atoms with Crippen LogP contribution in [0.1, 0.15) is 299 Å². The van der Waals surface area contributed by atoms with E-state index in [0.717, 1.165) is 128 Å². The maximum Gasteiger partial charge on any atom is 0.0340 e. The Kier molecular flexibility index (Phi) is 20.6. The summed E-state index contributed by atoms with van der Waals surface area (Å²) in [6.07, 6.45) is 27.9. The van der Waals surface area contributed by atoms with E-state index in [1.54, 1.807) is 0 Å². The fourth-order valence-electron chi connectivity index (χ4n) is 20.6. The van der Waals surface area contributed by atoms with Crippen molar-refractivity contribution in [2.45, 2.75) is 231 Å². The summed E-state index contributed by atoms with van der Waals surface area (Å²) in [5.74, 6) is 31.3. The van der Waals surface area contributed by atoms with E-state index in [9.17, 15) is 0 Å². The van der Waals surface area contributed by atoms with Crippen molar-refractivity contribution in [1.82, 2.24) is 0 Å². The maximum absolute atomic E-state index is 3.94. The molecule has 0 aromatic heterocycles. The highest BCUT2D eigenvalue weighted by Gasteiger charge is 2.46. The largest absolute Gasteiger partial charge is 0.0654 e. The van der Waals surface area contributed by atoms with E-state index in [1.807, 2.05) is 0 Å². The van der Waals surface area contributed by atoms with Crippen molar-refractivity contribution in [1.29, 1.82) is 0 Å². The second-order valence-electron chi connectivity index (χ2n) is 32.4. The van der Waals surface area contributed by atoms with Crippen molar-refractivity contribution in [2.75, 3.05) is 0 Å². The van der Waals surface area contributed by atoms with Gasteiger partial charge in [0, 0.05) is 66.2 Å². The van der Waals surface area contributed by atoms with Crippen molar-refractivity contribution in [3.05, 3.63) is 295 Å². The quantitative estimate of drug-likeness (QED) is 0.0418. The lowest BCUT2D eigenvalue weighted by atomic mass is 9.70. The molecule has 0 bridgehead atoms. The Morgan fingerprint density at radius 3 is 0.593 bits per heavy atom. The van der Waals surface area contributed by atoms with Gasteiger partial charge in [0.2, 0.25) is 0 Å². The summed E-state index contributed by atoms with van der Waals surface area (Å²) >= 11 is 0. The third kappa shape index (κ3) is 12.4. The van der Waals surface area contributed by atoms with E-state index in [1.165, 1.54) is 192 Å². The molecule has 538 valence electrons. The van der Waals surface area contributed by atoms with Crippen molar-refractivity contribution < 1.29 is 0 Å². The smallest absolute Gasteiger partial charge is 0.0340 e. The fraction of sp³-hybridized carbons (Fsp3) is 0.333. The minimum absolute atomic E-state index is 0.0426. The highest BCUT2D eigenvalue weighted by atomic mass is 14.5. The van der Waals surface area contributed by atoms with Crippen LogP contribution in [0.2, 0.25) is 0 Å². The van der Waals surface area contributed by atoms with Crippen LogP contribution in [0.15, 0.2) is 206 Å². The Balaban J connectivity index is 0.916. The topological polar surface area (TPSA) is 0 Å². The van der Waals surface area contributed by atoms with Crippen LogP contribution in [0, 0.1) is 47.4 Å². The maximum atomic E-state index is 3.94. The summed E-state index contributed by atoms with van der Waals surface area (Å²) in [7, 11) is 0. The molecule has 0 aliphatic heterocycles. The monoisotopic (exact) mass is 1400 g/mol. The van der Waals surface area contributed by atoms with E-state index in [-0.39, 0.29) is 21.7 Å². The van der Waals surface area contributed by atoms with Crippen LogP contribution in [0.3, 0.4) is 0 Å². The molecule has 12 aromatic carbocycles. The Morgan fingerprint density at radius 1 is 0.194 bits per heavy atom. The zero-order valence-corrected chi connectivity index (χ0v) is 65.6. The number of hydrogen-bond acceptors (Lipinski definition) is 0. The van der Waals surface area contributed by atoms with Gasteiger partial charge < -0.3 is 0 Å². The third-order valence-electron chi connectivity index (χ3n) is 26.0. The number of benzene rings is 12. The SMILES string of the molecule is CCCCC1(CCCC)c2ccccc2-c2ccc(C#Cc3cc(C#Cc4ccc5c(c4)C(CCCC)(CCCC)c4ccccc4-5)c4ccc5c(C#Cc6ccc7c(c6)C(CCCC)(CCCC)c6ccccc6-7)cc(C#Cc6ccc7c(c6)C(CCCC)(CCCC)c6ccccc6-7)c6ccc3c4c65)cc21. The molecule has 4 aliphatic rings. The zero-order chi connectivity index (χ0) is 74.0. The molecular formula is C108H106. The van der Waals surface area contributed by atoms with Gasteiger partial charge in [-0.05, 0) is 233 Å². The lowest BCUT2D eigenvalue weighted by molar-refractivity contribution is 0.414. The summed E-state index contributed by atoms with van der Waals surface area (Å²) in [5, 5.41) is 6.80. The molecular weight excluding hydrogens is 1300 g/mol. The second kappa shape index (κ2) is 30.9. The average Bonchev–Trinajstić information content (AvgIpc) is 1.17. The minimum Gasteiger partial charge on any atom is -0.0654 e. The van der Waals surface area contributed by atoms with Gasteiger partial charge in [-0.25, -0.2) is 0 Å². The molecule has 12 aromatic rings. The van der Waals surface area contributed by atoms with Crippen LogP contribution in [-0.4, -0.2) is 0 Å². The minimum atomic E-state index is -0.0426. The molecule has 0 unspecified atom stereocenters. The van der Waals surface area contributed by atoms with E-state index in [2.05, 4.69) is 309 Å². The molecule has 0 spiro atoms. The molecule has 0 amide bonds. The van der Waals surface area contributed by atoms with E-state index in [0.29, 0.717) is 0 Å². The van der Waals surface area contributed by atoms with Gasteiger partial charge in [-0.3, -0.25) is 0 Å². The van der Waals surface area contributed by atoms with Crippen LogP contribution in [-0.2, 0) is 21.7 Å². The first-order valence-electron chi connectivity index (χ1n) is 42.0. The summed E-state index contributed by atoms with van der Waals surface area (Å²) in [6, 6.07) is 79.6. The van der Waals surface area contributed by atoms with Crippen LogP contribution in [0.25, 0.3) is 76.8 Å². The normalized spacial score (nSPS) is 14.3. The third-order valence-corrected chi connectivity index (χ3v) is 26.0. The molecule has 16 rings (SSSR count). The first-order valence-corrected chi connectivity index (χ1v) is 42.0. The highest BCUT2D eigenvalue weighted by molar-refractivity contribution is 6.27. The van der Waals surface area contributed by atoms with Gasteiger partial charge in [0.1, 0.15) is 0 Å². The molecule has 0 radical (unpaired) electrons. The molecule has 0 saturated carbocycles. The lowest BCUT2D eigenvalue weighted by Crippen LogP contribution is -2.25. The number of hydrogen-bond donors (Lipinski definition) is 0. The molecule has 0 heterocycles. The lowest BCUT2D eigenvalue weighted by Gasteiger charge is -2.32. The van der Waals surface area contributed by atoms with Crippen LogP contribution >= 0.6 is 0 Å². The summed E-state index contributed by atoms with van der Waals surface area (Å²) in [5.41, 5.74) is 30.7. The van der Waals surface area contributed by atoms with Gasteiger partial charge in [0.05, 0.1) is 0 Å². The zero-order valence-electron chi connectivity index (χ0n) is 65.6. The number of fused-ring (bicyclic) bond motifs is 12.